The highest BCUT2D eigenvalue weighted by atomic mass is 16.6. The average molecular weight is 234 g/mol. The fraction of sp³-hybridized carbons (Fsp3) is 0.462. The van der Waals surface area contributed by atoms with Crippen LogP contribution in [0, 0.1) is 0 Å². The first-order valence-electron chi connectivity index (χ1n) is 5.97. The molecule has 0 spiro atoms. The van der Waals surface area contributed by atoms with Gasteiger partial charge in [0.15, 0.2) is 5.58 Å². The van der Waals surface area contributed by atoms with Crippen molar-refractivity contribution in [3.8, 4) is 6.08 Å². The molecule has 0 saturated heterocycles. The van der Waals surface area contributed by atoms with Crippen molar-refractivity contribution in [1.82, 2.24) is 10.3 Å². The van der Waals surface area contributed by atoms with Crippen LogP contribution < -0.4 is 10.1 Å². The summed E-state index contributed by atoms with van der Waals surface area (Å²) in [6, 6.07) is 8.16. The molecule has 1 N–H and O–H groups in total. The van der Waals surface area contributed by atoms with Crippen LogP contribution in [0.2, 0.25) is 0 Å². The van der Waals surface area contributed by atoms with Gasteiger partial charge in [-0.15, -0.1) is 0 Å². The quantitative estimate of drug-likeness (QED) is 0.780. The van der Waals surface area contributed by atoms with Gasteiger partial charge in [-0.2, -0.15) is 4.98 Å². The van der Waals surface area contributed by atoms with E-state index in [1.165, 1.54) is 0 Å². The van der Waals surface area contributed by atoms with Crippen molar-refractivity contribution in [3.63, 3.8) is 0 Å². The molecule has 2 aromatic rings. The van der Waals surface area contributed by atoms with Crippen molar-refractivity contribution in [3.05, 3.63) is 24.3 Å². The number of ether oxygens (including phenoxy) is 1. The summed E-state index contributed by atoms with van der Waals surface area (Å²) < 4.78 is 10.9. The largest absolute Gasteiger partial charge is 0.450 e. The first kappa shape index (κ1) is 11.9. The van der Waals surface area contributed by atoms with E-state index in [-0.39, 0.29) is 0 Å². The average Bonchev–Trinajstić information content (AvgIpc) is 2.70. The van der Waals surface area contributed by atoms with Crippen LogP contribution in [0.25, 0.3) is 11.1 Å². The van der Waals surface area contributed by atoms with Gasteiger partial charge in [-0.3, -0.25) is 0 Å². The minimum absolute atomic E-state index is 0.357. The molecule has 0 saturated carbocycles. The molecule has 0 aliphatic carbocycles. The van der Waals surface area contributed by atoms with Gasteiger partial charge in [0.05, 0.1) is 6.61 Å². The van der Waals surface area contributed by atoms with Crippen LogP contribution in [0.1, 0.15) is 20.3 Å². The van der Waals surface area contributed by atoms with Gasteiger partial charge in [-0.1, -0.05) is 26.0 Å². The maximum absolute atomic E-state index is 5.46. The van der Waals surface area contributed by atoms with Crippen LogP contribution in [0.3, 0.4) is 0 Å². The monoisotopic (exact) mass is 234 g/mol. The Bertz CT molecular complexity index is 432. The molecule has 0 amide bonds. The SMILES string of the molecule is CC(C)NCCCOc1nc2ccccc2o1. The zero-order valence-electron chi connectivity index (χ0n) is 10.3. The van der Waals surface area contributed by atoms with E-state index in [1.807, 2.05) is 24.3 Å². The number of para-hydroxylation sites is 2. The smallest absolute Gasteiger partial charge is 0.394 e. The molecule has 0 atom stereocenters. The number of nitrogens with one attached hydrogen (secondary N) is 1. The molecule has 0 aliphatic heterocycles. The first-order chi connectivity index (χ1) is 8.25. The molecule has 0 bridgehead atoms. The van der Waals surface area contributed by atoms with Crippen LogP contribution >= 0.6 is 0 Å². The molecule has 0 aliphatic rings. The topological polar surface area (TPSA) is 47.3 Å². The molecule has 1 aromatic carbocycles. The molecule has 4 heteroatoms. The number of aromatic nitrogens is 1. The second kappa shape index (κ2) is 5.68. The summed E-state index contributed by atoms with van der Waals surface area (Å²) in [6.45, 7) is 5.81. The van der Waals surface area contributed by atoms with E-state index in [2.05, 4.69) is 24.1 Å². The minimum atomic E-state index is 0.357. The van der Waals surface area contributed by atoms with Crippen molar-refractivity contribution in [2.45, 2.75) is 26.3 Å². The van der Waals surface area contributed by atoms with Crippen LogP contribution in [0.15, 0.2) is 28.7 Å². The lowest BCUT2D eigenvalue weighted by Gasteiger charge is -2.06. The van der Waals surface area contributed by atoms with E-state index in [0.717, 1.165) is 24.1 Å². The predicted molar refractivity (Wildman–Crippen MR) is 67.3 cm³/mol. The highest BCUT2D eigenvalue weighted by molar-refractivity contribution is 5.72. The molecule has 2 rings (SSSR count). The Balaban J connectivity index is 1.79. The molecular weight excluding hydrogens is 216 g/mol. The number of fused-ring (bicyclic) bond motifs is 1. The van der Waals surface area contributed by atoms with E-state index in [9.17, 15) is 0 Å². The lowest BCUT2D eigenvalue weighted by molar-refractivity contribution is 0.231. The molecule has 4 nitrogen and oxygen atoms in total. The van der Waals surface area contributed by atoms with Crippen LogP contribution in [0.5, 0.6) is 6.08 Å². The number of nitrogens with zero attached hydrogens (tertiary/aromatic N) is 1. The van der Waals surface area contributed by atoms with Gasteiger partial charge >= 0.3 is 6.08 Å². The summed E-state index contributed by atoms with van der Waals surface area (Å²) >= 11 is 0. The third kappa shape index (κ3) is 3.46. The molecule has 0 radical (unpaired) electrons. The Morgan fingerprint density at radius 2 is 2.18 bits per heavy atom. The van der Waals surface area contributed by atoms with Crippen LogP contribution in [-0.2, 0) is 0 Å². The normalized spacial score (nSPS) is 11.2. The molecule has 0 unspecified atom stereocenters. The van der Waals surface area contributed by atoms with Gasteiger partial charge in [0.25, 0.3) is 0 Å². The third-order valence-corrected chi connectivity index (χ3v) is 2.37. The van der Waals surface area contributed by atoms with Crippen molar-refractivity contribution in [2.24, 2.45) is 0 Å². The second-order valence-corrected chi connectivity index (χ2v) is 4.26. The molecule has 17 heavy (non-hydrogen) atoms. The Morgan fingerprint density at radius 1 is 1.35 bits per heavy atom. The molecule has 0 fully saturated rings. The summed E-state index contributed by atoms with van der Waals surface area (Å²) in [5.41, 5.74) is 1.60. The van der Waals surface area contributed by atoms with Crippen LogP contribution in [-0.4, -0.2) is 24.2 Å². The lowest BCUT2D eigenvalue weighted by atomic mass is 10.3. The van der Waals surface area contributed by atoms with E-state index in [4.69, 9.17) is 9.15 Å². The Hall–Kier alpha value is -1.55. The van der Waals surface area contributed by atoms with E-state index in [1.54, 1.807) is 0 Å². The Kier molecular flexibility index (Phi) is 3.98. The highest BCUT2D eigenvalue weighted by Gasteiger charge is 2.05. The van der Waals surface area contributed by atoms with Gasteiger partial charge in [0, 0.05) is 6.04 Å². The summed E-state index contributed by atoms with van der Waals surface area (Å²) in [6.07, 6.45) is 1.30. The lowest BCUT2D eigenvalue weighted by Crippen LogP contribution is -2.24. The minimum Gasteiger partial charge on any atom is -0.450 e. The maximum atomic E-state index is 5.46. The van der Waals surface area contributed by atoms with E-state index < -0.39 is 0 Å². The Morgan fingerprint density at radius 3 is 2.94 bits per heavy atom. The van der Waals surface area contributed by atoms with Crippen molar-refractivity contribution in [1.29, 1.82) is 0 Å². The molecule has 1 heterocycles. The summed E-state index contributed by atoms with van der Waals surface area (Å²) in [5, 5.41) is 3.33. The molecular formula is C13H18N2O2. The number of hydrogen-bond acceptors (Lipinski definition) is 4. The second-order valence-electron chi connectivity index (χ2n) is 4.26. The number of oxazole rings is 1. The van der Waals surface area contributed by atoms with Gasteiger partial charge in [-0.05, 0) is 25.1 Å². The predicted octanol–water partition coefficient (Wildman–Crippen LogP) is 2.59. The third-order valence-electron chi connectivity index (χ3n) is 2.37. The van der Waals surface area contributed by atoms with E-state index >= 15 is 0 Å². The van der Waals surface area contributed by atoms with E-state index in [0.29, 0.717) is 18.7 Å². The molecule has 1 aromatic heterocycles. The van der Waals surface area contributed by atoms with Crippen molar-refractivity contribution in [2.75, 3.05) is 13.2 Å². The number of rotatable bonds is 6. The first-order valence-corrected chi connectivity index (χ1v) is 5.97. The zero-order valence-corrected chi connectivity index (χ0v) is 10.3. The Labute approximate surface area is 101 Å². The van der Waals surface area contributed by atoms with Crippen molar-refractivity contribution < 1.29 is 9.15 Å². The van der Waals surface area contributed by atoms with Crippen molar-refractivity contribution >= 4 is 11.1 Å². The maximum Gasteiger partial charge on any atom is 0.394 e. The van der Waals surface area contributed by atoms with Gasteiger partial charge in [0.2, 0.25) is 0 Å². The van der Waals surface area contributed by atoms with Gasteiger partial charge in [0.1, 0.15) is 5.52 Å². The number of benzene rings is 1. The summed E-state index contributed by atoms with van der Waals surface area (Å²) in [4.78, 5) is 4.24. The standard InChI is InChI=1S/C13H18N2O2/c1-10(2)14-8-5-9-16-13-15-11-6-3-4-7-12(11)17-13/h3-4,6-7,10,14H,5,8-9H2,1-2H3. The van der Waals surface area contributed by atoms with Gasteiger partial charge in [-0.25, -0.2) is 0 Å². The summed E-state index contributed by atoms with van der Waals surface area (Å²) in [5.74, 6) is 0. The highest BCUT2D eigenvalue weighted by Crippen LogP contribution is 2.19. The fourth-order valence-corrected chi connectivity index (χ4v) is 1.54. The summed E-state index contributed by atoms with van der Waals surface area (Å²) in [7, 11) is 0. The van der Waals surface area contributed by atoms with Crippen LogP contribution in [0.4, 0.5) is 0 Å². The number of hydrogen-bond donors (Lipinski definition) is 1. The molecule has 92 valence electrons. The van der Waals surface area contributed by atoms with Gasteiger partial charge < -0.3 is 14.5 Å². The zero-order chi connectivity index (χ0) is 12.1. The fourth-order valence-electron chi connectivity index (χ4n) is 1.54.